The number of anilines is 1. The van der Waals surface area contributed by atoms with Crippen molar-refractivity contribution in [1.82, 2.24) is 9.36 Å². The molecule has 0 aliphatic heterocycles. The maximum absolute atomic E-state index is 5.98. The van der Waals surface area contributed by atoms with E-state index in [0.717, 1.165) is 30.3 Å². The second kappa shape index (κ2) is 6.98. The van der Waals surface area contributed by atoms with E-state index in [9.17, 15) is 0 Å². The number of aryl methyl sites for hydroxylation is 1. The van der Waals surface area contributed by atoms with Crippen LogP contribution in [0.2, 0.25) is 0 Å². The zero-order valence-electron chi connectivity index (χ0n) is 8.99. The monoisotopic (exact) mass is 249 g/mol. The molecule has 0 saturated carbocycles. The van der Waals surface area contributed by atoms with E-state index in [1.54, 1.807) is 7.11 Å². The van der Waals surface area contributed by atoms with Gasteiger partial charge in [0.05, 0.1) is 12.0 Å². The normalized spacial score (nSPS) is 12.7. The molecule has 0 radical (unpaired) electrons. The predicted molar refractivity (Wildman–Crippen MR) is 63.9 cm³/mol. The molecule has 1 rings (SSSR count). The van der Waals surface area contributed by atoms with Gasteiger partial charge in [0.25, 0.3) is 0 Å². The van der Waals surface area contributed by atoms with Gasteiger partial charge in [-0.05, 0) is 6.42 Å². The average Bonchev–Trinajstić information content (AvgIpc) is 2.66. The third kappa shape index (κ3) is 4.77. The van der Waals surface area contributed by atoms with Crippen LogP contribution in [-0.2, 0) is 11.2 Å². The molecule has 86 valence electrons. The molecule has 15 heavy (non-hydrogen) atoms. The molecule has 0 aliphatic rings. The third-order valence-electron chi connectivity index (χ3n) is 1.87. The Kier molecular flexibility index (Phi) is 5.90. The lowest BCUT2D eigenvalue weighted by atomic mass is 10.3. The van der Waals surface area contributed by atoms with Gasteiger partial charge < -0.3 is 10.1 Å². The number of halogens is 1. The van der Waals surface area contributed by atoms with E-state index in [0.29, 0.717) is 6.61 Å². The molecule has 0 fully saturated rings. The molecule has 0 aliphatic carbocycles. The maximum atomic E-state index is 5.98. The van der Waals surface area contributed by atoms with Gasteiger partial charge in [0.2, 0.25) is 5.13 Å². The lowest BCUT2D eigenvalue weighted by molar-refractivity contribution is 0.196. The Balaban J connectivity index is 2.19. The van der Waals surface area contributed by atoms with Crippen LogP contribution in [0, 0.1) is 0 Å². The highest BCUT2D eigenvalue weighted by Gasteiger charge is 2.05. The molecular formula is C9H16ClN3OS. The summed E-state index contributed by atoms with van der Waals surface area (Å²) in [5.41, 5.74) is 0. The first-order chi connectivity index (χ1) is 7.26. The Labute approximate surface area is 99.2 Å². The Bertz CT molecular complexity index is 282. The summed E-state index contributed by atoms with van der Waals surface area (Å²) < 4.78 is 9.12. The second-order valence-corrected chi connectivity index (χ2v) is 4.51. The van der Waals surface area contributed by atoms with Crippen molar-refractivity contribution in [3.63, 3.8) is 0 Å². The highest BCUT2D eigenvalue weighted by molar-refractivity contribution is 7.09. The highest BCUT2D eigenvalue weighted by Crippen LogP contribution is 2.11. The number of ether oxygens (including phenoxy) is 1. The van der Waals surface area contributed by atoms with E-state index < -0.39 is 0 Å². The fourth-order valence-electron chi connectivity index (χ4n) is 1.07. The standard InChI is InChI=1S/C9H16ClN3OS/c1-3-8-12-9(15-13-8)11-5-4-7(10)6-14-2/h7H,3-6H2,1-2H3,(H,11,12,13). The van der Waals surface area contributed by atoms with E-state index >= 15 is 0 Å². The van der Waals surface area contributed by atoms with Crippen molar-refractivity contribution < 1.29 is 4.74 Å². The van der Waals surface area contributed by atoms with E-state index in [2.05, 4.69) is 14.7 Å². The first kappa shape index (κ1) is 12.7. The van der Waals surface area contributed by atoms with Crippen molar-refractivity contribution in [2.75, 3.05) is 25.6 Å². The summed E-state index contributed by atoms with van der Waals surface area (Å²) in [4.78, 5) is 4.29. The van der Waals surface area contributed by atoms with Gasteiger partial charge in [-0.3, -0.25) is 0 Å². The van der Waals surface area contributed by atoms with Crippen LogP contribution in [0.25, 0.3) is 0 Å². The van der Waals surface area contributed by atoms with Gasteiger partial charge in [-0.15, -0.1) is 11.6 Å². The van der Waals surface area contributed by atoms with Gasteiger partial charge >= 0.3 is 0 Å². The largest absolute Gasteiger partial charge is 0.383 e. The number of rotatable bonds is 7. The fraction of sp³-hybridized carbons (Fsp3) is 0.778. The summed E-state index contributed by atoms with van der Waals surface area (Å²) in [7, 11) is 1.65. The number of hydrogen-bond donors (Lipinski definition) is 1. The van der Waals surface area contributed by atoms with Gasteiger partial charge in [0, 0.05) is 31.6 Å². The van der Waals surface area contributed by atoms with Crippen LogP contribution in [-0.4, -0.2) is 35.0 Å². The van der Waals surface area contributed by atoms with Crippen LogP contribution < -0.4 is 5.32 Å². The Morgan fingerprint density at radius 2 is 2.40 bits per heavy atom. The van der Waals surface area contributed by atoms with Crippen molar-refractivity contribution in [1.29, 1.82) is 0 Å². The molecule has 1 aromatic heterocycles. The summed E-state index contributed by atoms with van der Waals surface area (Å²) in [5.74, 6) is 0.891. The van der Waals surface area contributed by atoms with E-state index in [1.807, 2.05) is 6.92 Å². The first-order valence-corrected chi connectivity index (χ1v) is 6.16. The molecule has 0 bridgehead atoms. The molecule has 6 heteroatoms. The minimum atomic E-state index is 0.0565. The molecule has 1 unspecified atom stereocenters. The number of hydrogen-bond acceptors (Lipinski definition) is 5. The molecule has 1 heterocycles. The summed E-state index contributed by atoms with van der Waals surface area (Å²) in [6.45, 7) is 3.43. The minimum absolute atomic E-state index is 0.0565. The van der Waals surface area contributed by atoms with Gasteiger partial charge in [-0.2, -0.15) is 4.37 Å². The Morgan fingerprint density at radius 3 is 3.00 bits per heavy atom. The lowest BCUT2D eigenvalue weighted by Gasteiger charge is -2.07. The molecule has 4 nitrogen and oxygen atoms in total. The quantitative estimate of drug-likeness (QED) is 0.753. The zero-order chi connectivity index (χ0) is 11.1. The number of nitrogens with one attached hydrogen (secondary N) is 1. The van der Waals surface area contributed by atoms with E-state index in [-0.39, 0.29) is 5.38 Å². The fourth-order valence-corrected chi connectivity index (χ4v) is 1.98. The summed E-state index contributed by atoms with van der Waals surface area (Å²) >= 11 is 7.37. The number of alkyl halides is 1. The minimum Gasteiger partial charge on any atom is -0.383 e. The molecule has 0 saturated heterocycles. The molecule has 0 amide bonds. The van der Waals surface area contributed by atoms with Gasteiger partial charge in [0.15, 0.2) is 0 Å². The molecular weight excluding hydrogens is 234 g/mol. The van der Waals surface area contributed by atoms with Crippen molar-refractivity contribution in [3.05, 3.63) is 5.82 Å². The number of aromatic nitrogens is 2. The second-order valence-electron chi connectivity index (χ2n) is 3.14. The maximum Gasteiger partial charge on any atom is 0.202 e. The van der Waals surface area contributed by atoms with Gasteiger partial charge in [-0.25, -0.2) is 4.98 Å². The third-order valence-corrected chi connectivity index (χ3v) is 2.92. The lowest BCUT2D eigenvalue weighted by Crippen LogP contribution is -2.13. The molecule has 0 aromatic carbocycles. The van der Waals surface area contributed by atoms with Gasteiger partial charge in [0.1, 0.15) is 5.82 Å². The molecule has 0 spiro atoms. The zero-order valence-corrected chi connectivity index (χ0v) is 10.6. The van der Waals surface area contributed by atoms with Crippen LogP contribution in [0.3, 0.4) is 0 Å². The SMILES string of the molecule is CCc1nsc(NCCC(Cl)COC)n1. The Morgan fingerprint density at radius 1 is 1.60 bits per heavy atom. The van der Waals surface area contributed by atoms with Gasteiger partial charge in [-0.1, -0.05) is 6.92 Å². The highest BCUT2D eigenvalue weighted by atomic mass is 35.5. The van der Waals surface area contributed by atoms with E-state index in [1.165, 1.54) is 11.5 Å². The smallest absolute Gasteiger partial charge is 0.202 e. The van der Waals surface area contributed by atoms with Crippen LogP contribution >= 0.6 is 23.1 Å². The van der Waals surface area contributed by atoms with E-state index in [4.69, 9.17) is 16.3 Å². The van der Waals surface area contributed by atoms with Crippen molar-refractivity contribution in [3.8, 4) is 0 Å². The first-order valence-electron chi connectivity index (χ1n) is 4.95. The topological polar surface area (TPSA) is 47.0 Å². The van der Waals surface area contributed by atoms with Crippen LogP contribution in [0.1, 0.15) is 19.2 Å². The molecule has 1 aromatic rings. The molecule has 1 atom stereocenters. The predicted octanol–water partition coefficient (Wildman–Crippen LogP) is 2.16. The van der Waals surface area contributed by atoms with Crippen LogP contribution in [0.4, 0.5) is 5.13 Å². The number of nitrogens with zero attached hydrogens (tertiary/aromatic N) is 2. The summed E-state index contributed by atoms with van der Waals surface area (Å²) in [6.07, 6.45) is 1.73. The summed E-state index contributed by atoms with van der Waals surface area (Å²) in [6, 6.07) is 0. The average molecular weight is 250 g/mol. The van der Waals surface area contributed by atoms with Crippen LogP contribution in [0.15, 0.2) is 0 Å². The Hall–Kier alpha value is -0.390. The summed E-state index contributed by atoms with van der Waals surface area (Å²) in [5, 5.41) is 4.12. The molecule has 1 N–H and O–H groups in total. The number of methoxy groups -OCH3 is 1. The van der Waals surface area contributed by atoms with Crippen molar-refractivity contribution in [2.24, 2.45) is 0 Å². The van der Waals surface area contributed by atoms with Crippen LogP contribution in [0.5, 0.6) is 0 Å². The van der Waals surface area contributed by atoms with Crippen molar-refractivity contribution in [2.45, 2.75) is 25.1 Å². The van der Waals surface area contributed by atoms with Crippen molar-refractivity contribution >= 4 is 28.3 Å².